The number of hydrogen-bond donors (Lipinski definition) is 1. The van der Waals surface area contributed by atoms with Crippen LogP contribution in [-0.2, 0) is 20.9 Å². The fourth-order valence-corrected chi connectivity index (χ4v) is 6.14. The van der Waals surface area contributed by atoms with E-state index in [2.05, 4.69) is 50.4 Å². The van der Waals surface area contributed by atoms with Crippen molar-refractivity contribution in [3.8, 4) is 0 Å². The second kappa shape index (κ2) is 11.4. The molecule has 3 heterocycles. The third-order valence-corrected chi connectivity index (χ3v) is 8.78. The lowest BCUT2D eigenvalue weighted by Crippen LogP contribution is -2.45. The molecule has 0 saturated carbocycles. The van der Waals surface area contributed by atoms with Gasteiger partial charge in [0, 0.05) is 30.7 Å². The summed E-state index contributed by atoms with van der Waals surface area (Å²) in [5.74, 6) is 0.388. The van der Waals surface area contributed by atoms with E-state index in [1.807, 2.05) is 35.2 Å². The van der Waals surface area contributed by atoms with Gasteiger partial charge in [-0.2, -0.15) is 0 Å². The van der Waals surface area contributed by atoms with Gasteiger partial charge in [0.05, 0.1) is 24.0 Å². The van der Waals surface area contributed by atoms with Crippen LogP contribution in [-0.4, -0.2) is 61.0 Å². The number of nitrogens with zero attached hydrogens (tertiary/aromatic N) is 2. The molecule has 2 atom stereocenters. The Morgan fingerprint density at radius 3 is 2.47 bits per heavy atom. The molecule has 1 spiro atoms. The lowest BCUT2D eigenvalue weighted by atomic mass is 9.77. The molecular formula is C29H36BrN3O3. The minimum Gasteiger partial charge on any atom is -0.381 e. The molecule has 3 fully saturated rings. The van der Waals surface area contributed by atoms with E-state index in [9.17, 15) is 9.59 Å². The van der Waals surface area contributed by atoms with Gasteiger partial charge in [0.2, 0.25) is 11.8 Å². The summed E-state index contributed by atoms with van der Waals surface area (Å²) in [5.41, 5.74) is 2.13. The maximum Gasteiger partial charge on any atom is 0.229 e. The second-order valence-corrected chi connectivity index (χ2v) is 11.5. The van der Waals surface area contributed by atoms with E-state index >= 15 is 0 Å². The number of halogens is 1. The van der Waals surface area contributed by atoms with Crippen molar-refractivity contribution in [1.82, 2.24) is 15.1 Å². The molecule has 0 radical (unpaired) electrons. The van der Waals surface area contributed by atoms with E-state index in [1.54, 1.807) is 0 Å². The predicted octanol–water partition coefficient (Wildman–Crippen LogP) is 4.55. The smallest absolute Gasteiger partial charge is 0.229 e. The molecule has 3 aliphatic rings. The lowest BCUT2D eigenvalue weighted by Gasteiger charge is -2.38. The van der Waals surface area contributed by atoms with Crippen molar-refractivity contribution in [3.05, 3.63) is 70.2 Å². The fourth-order valence-electron chi connectivity index (χ4n) is 5.87. The highest BCUT2D eigenvalue weighted by atomic mass is 79.9. The Kier molecular flexibility index (Phi) is 8.09. The molecule has 3 aliphatic heterocycles. The summed E-state index contributed by atoms with van der Waals surface area (Å²) in [6, 6.07) is 18.5. The van der Waals surface area contributed by atoms with E-state index in [0.717, 1.165) is 68.3 Å². The van der Waals surface area contributed by atoms with E-state index in [0.29, 0.717) is 25.7 Å². The molecule has 2 aromatic rings. The van der Waals surface area contributed by atoms with Gasteiger partial charge < -0.3 is 19.9 Å². The van der Waals surface area contributed by atoms with Crippen LogP contribution in [0.25, 0.3) is 0 Å². The molecule has 5 rings (SSSR count). The Hall–Kier alpha value is -2.22. The number of amides is 2. The number of carbonyl (C=O) groups is 2. The molecule has 192 valence electrons. The molecule has 6 nitrogen and oxygen atoms in total. The quantitative estimate of drug-likeness (QED) is 0.521. The number of nitrogens with one attached hydrogen (secondary N) is 1. The number of ether oxygens (including phenoxy) is 1. The van der Waals surface area contributed by atoms with Crippen molar-refractivity contribution in [3.63, 3.8) is 0 Å². The second-order valence-electron chi connectivity index (χ2n) is 10.5. The van der Waals surface area contributed by atoms with Crippen LogP contribution in [0.15, 0.2) is 59.1 Å². The minimum absolute atomic E-state index is 0.00954. The zero-order valence-electron chi connectivity index (χ0n) is 20.8. The van der Waals surface area contributed by atoms with Crippen LogP contribution < -0.4 is 5.32 Å². The zero-order valence-corrected chi connectivity index (χ0v) is 22.4. The first kappa shape index (κ1) is 25.4. The predicted molar refractivity (Wildman–Crippen MR) is 143 cm³/mol. The largest absolute Gasteiger partial charge is 0.381 e. The molecule has 0 bridgehead atoms. The van der Waals surface area contributed by atoms with E-state index in [-0.39, 0.29) is 23.3 Å². The number of carbonyl (C=O) groups excluding carboxylic acids is 2. The highest BCUT2D eigenvalue weighted by Crippen LogP contribution is 2.42. The number of rotatable bonds is 8. The maximum absolute atomic E-state index is 13.4. The van der Waals surface area contributed by atoms with Gasteiger partial charge in [0.25, 0.3) is 0 Å². The van der Waals surface area contributed by atoms with Crippen molar-refractivity contribution < 1.29 is 14.3 Å². The molecule has 2 amide bonds. The number of likely N-dealkylation sites (tertiary alicyclic amines) is 2. The summed E-state index contributed by atoms with van der Waals surface area (Å²) >= 11 is 3.48. The van der Waals surface area contributed by atoms with Crippen molar-refractivity contribution in [2.75, 3.05) is 39.4 Å². The summed E-state index contributed by atoms with van der Waals surface area (Å²) in [5, 5.41) is 3.29. The first-order valence-corrected chi connectivity index (χ1v) is 14.0. The van der Waals surface area contributed by atoms with Gasteiger partial charge in [0.1, 0.15) is 0 Å². The molecular weight excluding hydrogens is 518 g/mol. The summed E-state index contributed by atoms with van der Waals surface area (Å²) < 4.78 is 6.48. The average molecular weight is 555 g/mol. The molecule has 0 aliphatic carbocycles. The van der Waals surface area contributed by atoms with Gasteiger partial charge in [-0.3, -0.25) is 9.59 Å². The highest BCUT2D eigenvalue weighted by Gasteiger charge is 2.47. The molecule has 7 heteroatoms. The summed E-state index contributed by atoms with van der Waals surface area (Å²) in [7, 11) is 0. The van der Waals surface area contributed by atoms with Gasteiger partial charge in [-0.25, -0.2) is 0 Å². The molecule has 2 aromatic carbocycles. The van der Waals surface area contributed by atoms with Crippen LogP contribution in [0.2, 0.25) is 0 Å². The Morgan fingerprint density at radius 2 is 1.78 bits per heavy atom. The first-order chi connectivity index (χ1) is 17.5. The van der Waals surface area contributed by atoms with Crippen LogP contribution in [0.5, 0.6) is 0 Å². The number of benzene rings is 2. The topological polar surface area (TPSA) is 61.9 Å². The van der Waals surface area contributed by atoms with Crippen LogP contribution in [0.1, 0.15) is 49.3 Å². The third-order valence-electron chi connectivity index (χ3n) is 8.25. The average Bonchev–Trinajstić information content (AvgIpc) is 3.55. The van der Waals surface area contributed by atoms with Gasteiger partial charge in [-0.1, -0.05) is 58.4 Å². The van der Waals surface area contributed by atoms with Crippen LogP contribution in [0.3, 0.4) is 0 Å². The van der Waals surface area contributed by atoms with Gasteiger partial charge in [-0.05, 0) is 68.5 Å². The van der Waals surface area contributed by atoms with Crippen LogP contribution >= 0.6 is 15.9 Å². The fraction of sp³-hybridized carbons (Fsp3) is 0.517. The Balaban J connectivity index is 1.14. The molecule has 3 saturated heterocycles. The summed E-state index contributed by atoms with van der Waals surface area (Å²) in [4.78, 5) is 30.7. The third kappa shape index (κ3) is 5.84. The van der Waals surface area contributed by atoms with Crippen molar-refractivity contribution in [2.45, 2.75) is 44.7 Å². The highest BCUT2D eigenvalue weighted by molar-refractivity contribution is 9.10. The van der Waals surface area contributed by atoms with Crippen LogP contribution in [0, 0.1) is 11.3 Å². The van der Waals surface area contributed by atoms with Crippen molar-refractivity contribution in [1.29, 1.82) is 0 Å². The maximum atomic E-state index is 13.4. The van der Waals surface area contributed by atoms with E-state index in [1.165, 1.54) is 5.56 Å². The van der Waals surface area contributed by atoms with E-state index in [4.69, 9.17) is 4.74 Å². The van der Waals surface area contributed by atoms with E-state index < -0.39 is 0 Å². The lowest BCUT2D eigenvalue weighted by molar-refractivity contribution is -0.139. The standard InChI is InChI=1S/C29H36BrN3O3/c30-25-8-6-22(7-9-25)20-33-18-14-29(28(33)35)12-16-32(17-13-29)15-10-26(23-4-2-1-3-5-23)31-27(34)24-11-19-36-21-24/h1-9,24,26H,10-21H2,(H,31,34). The molecule has 0 aromatic heterocycles. The SMILES string of the molecule is O=C(NC(CCN1CCC2(CC1)CCN(Cc1ccc(Br)cc1)C2=O)c1ccccc1)C1CCOC1. The minimum atomic E-state index is -0.193. The molecule has 1 N–H and O–H groups in total. The van der Waals surface area contributed by atoms with Gasteiger partial charge in [-0.15, -0.1) is 0 Å². The Bertz CT molecular complexity index is 1030. The first-order valence-electron chi connectivity index (χ1n) is 13.2. The van der Waals surface area contributed by atoms with Crippen molar-refractivity contribution >= 4 is 27.7 Å². The Morgan fingerprint density at radius 1 is 1.06 bits per heavy atom. The number of hydrogen-bond acceptors (Lipinski definition) is 4. The molecule has 2 unspecified atom stereocenters. The summed E-state index contributed by atoms with van der Waals surface area (Å²) in [6.45, 7) is 5.52. The monoisotopic (exact) mass is 553 g/mol. The summed E-state index contributed by atoms with van der Waals surface area (Å²) in [6.07, 6.45) is 4.46. The van der Waals surface area contributed by atoms with Crippen molar-refractivity contribution in [2.24, 2.45) is 11.3 Å². The Labute approximate surface area is 222 Å². The molecule has 36 heavy (non-hydrogen) atoms. The zero-order chi connectivity index (χ0) is 25.0. The van der Waals surface area contributed by atoms with Gasteiger partial charge >= 0.3 is 0 Å². The number of piperidine rings is 1. The normalized spacial score (nSPS) is 22.8. The van der Waals surface area contributed by atoms with Crippen LogP contribution in [0.4, 0.5) is 0 Å². The van der Waals surface area contributed by atoms with Gasteiger partial charge in [0.15, 0.2) is 0 Å².